The average Bonchev–Trinajstić information content (AvgIpc) is 2.11. The molecule has 1 aromatic carbocycles. The molecule has 1 N–H and O–H groups in total. The zero-order valence-corrected chi connectivity index (χ0v) is 12.1. The molecule has 0 radical (unpaired) electrons. The molecule has 0 aliphatic carbocycles. The summed E-state index contributed by atoms with van der Waals surface area (Å²) in [6, 6.07) is 3.39. The highest BCUT2D eigenvalue weighted by Gasteiger charge is 2.29. The van der Waals surface area contributed by atoms with Gasteiger partial charge in [0.15, 0.2) is 0 Å². The molecule has 0 saturated carbocycles. The third-order valence-corrected chi connectivity index (χ3v) is 2.61. The molecule has 0 heterocycles. The summed E-state index contributed by atoms with van der Waals surface area (Å²) in [5, 5.41) is 2.69. The van der Waals surface area contributed by atoms with E-state index in [4.69, 9.17) is 0 Å². The first-order valence-corrected chi connectivity index (χ1v) is 6.28. The maximum absolute atomic E-state index is 13.5. The van der Waals surface area contributed by atoms with Crippen molar-refractivity contribution in [2.24, 2.45) is 5.41 Å². The first-order chi connectivity index (χ1) is 8.52. The first kappa shape index (κ1) is 15.6. The first-order valence-electron chi connectivity index (χ1n) is 6.28. The minimum absolute atomic E-state index is 0.00452. The van der Waals surface area contributed by atoms with Crippen molar-refractivity contribution >= 4 is 5.91 Å². The molecule has 0 aliphatic heterocycles. The number of amides is 1. The highest BCUT2D eigenvalue weighted by Crippen LogP contribution is 2.27. The van der Waals surface area contributed by atoms with E-state index in [9.17, 15) is 13.6 Å². The lowest BCUT2D eigenvalue weighted by molar-refractivity contribution is 0.0883. The molecule has 0 saturated heterocycles. The highest BCUT2D eigenvalue weighted by atomic mass is 19.1. The van der Waals surface area contributed by atoms with Gasteiger partial charge in [0.25, 0.3) is 5.91 Å². The Morgan fingerprint density at radius 3 is 2.00 bits per heavy atom. The lowest BCUT2D eigenvalue weighted by Crippen LogP contribution is -2.46. The smallest absolute Gasteiger partial charge is 0.257 e. The number of rotatable bonds is 3. The maximum atomic E-state index is 13.5. The summed E-state index contributed by atoms with van der Waals surface area (Å²) in [6.07, 6.45) is 0.696. The standard InChI is InChI=1S/C15H21F2NO/c1-14(2,3)9-15(4,5)18-13(19)12-10(16)7-6-8-11(12)17/h6-8H,9H2,1-5H3,(H,18,19). The predicted octanol–water partition coefficient (Wildman–Crippen LogP) is 3.91. The topological polar surface area (TPSA) is 29.1 Å². The van der Waals surface area contributed by atoms with Crippen molar-refractivity contribution in [2.45, 2.75) is 46.6 Å². The van der Waals surface area contributed by atoms with Gasteiger partial charge >= 0.3 is 0 Å². The van der Waals surface area contributed by atoms with Crippen LogP contribution in [0.3, 0.4) is 0 Å². The molecular weight excluding hydrogens is 248 g/mol. The number of carbonyl (C=O) groups excluding carboxylic acids is 1. The van der Waals surface area contributed by atoms with E-state index in [0.717, 1.165) is 12.1 Å². The molecule has 106 valence electrons. The average molecular weight is 269 g/mol. The predicted molar refractivity (Wildman–Crippen MR) is 72.0 cm³/mol. The van der Waals surface area contributed by atoms with Crippen LogP contribution in [0.1, 0.15) is 51.4 Å². The summed E-state index contributed by atoms with van der Waals surface area (Å²) in [6.45, 7) is 9.82. The van der Waals surface area contributed by atoms with Crippen LogP contribution in [0.15, 0.2) is 18.2 Å². The van der Waals surface area contributed by atoms with Gasteiger partial charge in [-0.1, -0.05) is 26.8 Å². The Morgan fingerprint density at radius 2 is 1.58 bits per heavy atom. The van der Waals surface area contributed by atoms with Crippen molar-refractivity contribution in [1.29, 1.82) is 0 Å². The van der Waals surface area contributed by atoms with Crippen LogP contribution in [0.2, 0.25) is 0 Å². The number of benzene rings is 1. The van der Waals surface area contributed by atoms with Crippen molar-refractivity contribution < 1.29 is 13.6 Å². The van der Waals surface area contributed by atoms with Crippen LogP contribution < -0.4 is 5.32 Å². The molecule has 0 atom stereocenters. The van der Waals surface area contributed by atoms with Crippen molar-refractivity contribution in [3.63, 3.8) is 0 Å². The number of hydrogen-bond donors (Lipinski definition) is 1. The molecule has 0 fully saturated rings. The quantitative estimate of drug-likeness (QED) is 0.885. The fraction of sp³-hybridized carbons (Fsp3) is 0.533. The summed E-state index contributed by atoms with van der Waals surface area (Å²) in [4.78, 5) is 12.0. The molecular formula is C15H21F2NO. The Hall–Kier alpha value is -1.45. The van der Waals surface area contributed by atoms with Gasteiger partial charge in [-0.25, -0.2) is 8.78 Å². The molecule has 0 bridgehead atoms. The minimum atomic E-state index is -0.843. The van der Waals surface area contributed by atoms with Crippen LogP contribution in [-0.2, 0) is 0 Å². The van der Waals surface area contributed by atoms with Gasteiger partial charge in [0, 0.05) is 5.54 Å². The fourth-order valence-electron chi connectivity index (χ4n) is 2.45. The Bertz CT molecular complexity index is 455. The van der Waals surface area contributed by atoms with Crippen molar-refractivity contribution in [1.82, 2.24) is 5.32 Å². The SMILES string of the molecule is CC(C)(C)CC(C)(C)NC(=O)c1c(F)cccc1F. The van der Waals surface area contributed by atoms with E-state index in [1.807, 2.05) is 34.6 Å². The van der Waals surface area contributed by atoms with Gasteiger partial charge in [-0.05, 0) is 37.8 Å². The summed E-state index contributed by atoms with van der Waals surface area (Å²) < 4.78 is 27.0. The van der Waals surface area contributed by atoms with Gasteiger partial charge in [0.05, 0.1) is 0 Å². The third-order valence-electron chi connectivity index (χ3n) is 2.61. The van der Waals surface area contributed by atoms with Crippen LogP contribution in [0.4, 0.5) is 8.78 Å². The second-order valence-electron chi connectivity index (χ2n) is 6.67. The third kappa shape index (κ3) is 4.62. The summed E-state index contributed by atoms with van der Waals surface area (Å²) >= 11 is 0. The number of nitrogens with one attached hydrogen (secondary N) is 1. The lowest BCUT2D eigenvalue weighted by atomic mass is 9.81. The van der Waals surface area contributed by atoms with Crippen LogP contribution >= 0.6 is 0 Å². The van der Waals surface area contributed by atoms with Crippen molar-refractivity contribution in [3.8, 4) is 0 Å². The number of carbonyl (C=O) groups is 1. The second-order valence-corrected chi connectivity index (χ2v) is 6.67. The molecule has 1 rings (SSSR count). The Kier molecular flexibility index (Phi) is 4.33. The molecule has 1 aromatic rings. The normalized spacial score (nSPS) is 12.4. The largest absolute Gasteiger partial charge is 0.347 e. The molecule has 0 unspecified atom stereocenters. The van der Waals surface area contributed by atoms with Gasteiger partial charge in [-0.2, -0.15) is 0 Å². The Balaban J connectivity index is 2.91. The van der Waals surface area contributed by atoms with Gasteiger partial charge in [-0.15, -0.1) is 0 Å². The lowest BCUT2D eigenvalue weighted by Gasteiger charge is -2.33. The van der Waals surface area contributed by atoms with Crippen molar-refractivity contribution in [2.75, 3.05) is 0 Å². The minimum Gasteiger partial charge on any atom is -0.347 e. The van der Waals surface area contributed by atoms with Gasteiger partial charge in [0.1, 0.15) is 17.2 Å². The van der Waals surface area contributed by atoms with Gasteiger partial charge in [0.2, 0.25) is 0 Å². The van der Waals surface area contributed by atoms with Gasteiger partial charge in [-0.3, -0.25) is 4.79 Å². The van der Waals surface area contributed by atoms with E-state index in [2.05, 4.69) is 5.32 Å². The molecule has 4 heteroatoms. The number of hydrogen-bond acceptors (Lipinski definition) is 1. The van der Waals surface area contributed by atoms with Crippen LogP contribution in [-0.4, -0.2) is 11.4 Å². The van der Waals surface area contributed by atoms with Crippen LogP contribution in [0, 0.1) is 17.0 Å². The molecule has 0 spiro atoms. The summed E-state index contributed by atoms with van der Waals surface area (Å²) in [5.74, 6) is -2.40. The summed E-state index contributed by atoms with van der Waals surface area (Å²) in [7, 11) is 0. The van der Waals surface area contributed by atoms with E-state index in [0.29, 0.717) is 6.42 Å². The monoisotopic (exact) mass is 269 g/mol. The Morgan fingerprint density at radius 1 is 1.11 bits per heavy atom. The summed E-state index contributed by atoms with van der Waals surface area (Å²) in [5.41, 5.74) is -1.06. The van der Waals surface area contributed by atoms with Crippen LogP contribution in [0.5, 0.6) is 0 Å². The second kappa shape index (κ2) is 5.27. The Labute approximate surface area is 113 Å². The van der Waals surface area contributed by atoms with Crippen LogP contribution in [0.25, 0.3) is 0 Å². The van der Waals surface area contributed by atoms with E-state index >= 15 is 0 Å². The van der Waals surface area contributed by atoms with Crippen molar-refractivity contribution in [3.05, 3.63) is 35.4 Å². The van der Waals surface area contributed by atoms with E-state index in [-0.39, 0.29) is 5.41 Å². The maximum Gasteiger partial charge on any atom is 0.257 e. The number of halogens is 2. The zero-order valence-electron chi connectivity index (χ0n) is 12.1. The molecule has 0 aromatic heterocycles. The van der Waals surface area contributed by atoms with E-state index < -0.39 is 28.6 Å². The molecule has 19 heavy (non-hydrogen) atoms. The fourth-order valence-corrected chi connectivity index (χ4v) is 2.45. The highest BCUT2D eigenvalue weighted by molar-refractivity contribution is 5.95. The van der Waals surface area contributed by atoms with E-state index in [1.54, 1.807) is 0 Å². The molecule has 0 aliphatic rings. The molecule has 1 amide bonds. The zero-order chi connectivity index (χ0) is 14.8. The van der Waals surface area contributed by atoms with Gasteiger partial charge < -0.3 is 5.32 Å². The molecule has 2 nitrogen and oxygen atoms in total. The van der Waals surface area contributed by atoms with E-state index in [1.165, 1.54) is 6.07 Å².